The molecule has 0 spiro atoms. The topological polar surface area (TPSA) is 35.7 Å². The van der Waals surface area contributed by atoms with Crippen LogP contribution >= 0.6 is 0 Å². The lowest BCUT2D eigenvalue weighted by Crippen LogP contribution is -2.52. The molecule has 0 bridgehead atoms. The van der Waals surface area contributed by atoms with Crippen LogP contribution in [0.3, 0.4) is 0 Å². The van der Waals surface area contributed by atoms with Gasteiger partial charge in [0.15, 0.2) is 0 Å². The molecule has 2 aliphatic rings. The fourth-order valence-electron chi connectivity index (χ4n) is 3.69. The zero-order valence-corrected chi connectivity index (χ0v) is 13.4. The molecule has 1 aromatic rings. The van der Waals surface area contributed by atoms with Crippen molar-refractivity contribution < 1.29 is 0 Å². The van der Waals surface area contributed by atoms with Gasteiger partial charge in [-0.15, -0.1) is 0 Å². The molecule has 4 nitrogen and oxygen atoms in total. The Hall–Kier alpha value is -1.26. The summed E-state index contributed by atoms with van der Waals surface area (Å²) in [6, 6.07) is 7.07. The number of benzene rings is 1. The van der Waals surface area contributed by atoms with Crippen LogP contribution < -0.4 is 10.6 Å². The first kappa shape index (κ1) is 14.7. The second-order valence-electron chi connectivity index (χ2n) is 6.60. The Morgan fingerprint density at radius 1 is 1.00 bits per heavy atom. The number of piperazine rings is 1. The first-order chi connectivity index (χ1) is 10.1. The molecule has 21 heavy (non-hydrogen) atoms. The summed E-state index contributed by atoms with van der Waals surface area (Å²) >= 11 is 0. The highest BCUT2D eigenvalue weighted by molar-refractivity contribution is 5.59. The second kappa shape index (κ2) is 6.24. The van der Waals surface area contributed by atoms with Crippen LogP contribution in [0.1, 0.15) is 18.4 Å². The first-order valence-electron chi connectivity index (χ1n) is 8.17. The second-order valence-corrected chi connectivity index (χ2v) is 6.60. The lowest BCUT2D eigenvalue weighted by molar-refractivity contribution is 0.0982. The molecule has 3 rings (SSSR count). The molecule has 0 aliphatic carbocycles. The molecular formula is C17H28N4. The quantitative estimate of drug-likeness (QED) is 0.842. The molecule has 0 amide bonds. The third kappa shape index (κ3) is 3.33. The van der Waals surface area contributed by atoms with Crippen LogP contribution in [0.15, 0.2) is 18.2 Å². The van der Waals surface area contributed by atoms with E-state index in [4.69, 9.17) is 5.73 Å². The monoisotopic (exact) mass is 288 g/mol. The van der Waals surface area contributed by atoms with Gasteiger partial charge in [0.2, 0.25) is 0 Å². The maximum Gasteiger partial charge on any atom is 0.0397 e. The fourth-order valence-corrected chi connectivity index (χ4v) is 3.69. The maximum absolute atomic E-state index is 5.86. The normalized spacial score (nSPS) is 22.7. The third-order valence-electron chi connectivity index (χ3n) is 5.08. The Morgan fingerprint density at radius 3 is 2.29 bits per heavy atom. The molecule has 0 saturated carbocycles. The van der Waals surface area contributed by atoms with Crippen LogP contribution in [0.4, 0.5) is 11.4 Å². The van der Waals surface area contributed by atoms with E-state index in [9.17, 15) is 0 Å². The number of hydrogen-bond acceptors (Lipinski definition) is 4. The fraction of sp³-hybridized carbons (Fsp3) is 0.647. The Balaban J connectivity index is 1.57. The minimum Gasteiger partial charge on any atom is -0.399 e. The van der Waals surface area contributed by atoms with Crippen molar-refractivity contribution in [2.75, 3.05) is 56.9 Å². The molecule has 0 unspecified atom stereocenters. The molecule has 2 N–H and O–H groups in total. The number of piperidine rings is 1. The van der Waals surface area contributed by atoms with E-state index in [0.29, 0.717) is 0 Å². The number of nitrogens with two attached hydrogens (primary N) is 1. The number of nitrogens with zero attached hydrogens (tertiary/aromatic N) is 3. The third-order valence-corrected chi connectivity index (χ3v) is 5.08. The van der Waals surface area contributed by atoms with Gasteiger partial charge in [0.25, 0.3) is 0 Å². The van der Waals surface area contributed by atoms with Crippen molar-refractivity contribution in [3.8, 4) is 0 Å². The van der Waals surface area contributed by atoms with E-state index in [1.165, 1.54) is 63.4 Å². The number of rotatable bonds is 2. The van der Waals surface area contributed by atoms with E-state index in [1.807, 2.05) is 6.07 Å². The summed E-state index contributed by atoms with van der Waals surface area (Å²) < 4.78 is 0. The van der Waals surface area contributed by atoms with Crippen molar-refractivity contribution in [3.05, 3.63) is 23.8 Å². The van der Waals surface area contributed by atoms with Gasteiger partial charge in [-0.25, -0.2) is 0 Å². The predicted molar refractivity (Wildman–Crippen MR) is 89.9 cm³/mol. The van der Waals surface area contributed by atoms with Crippen LogP contribution in [0, 0.1) is 6.92 Å². The van der Waals surface area contributed by atoms with Gasteiger partial charge in [-0.05, 0) is 50.6 Å². The smallest absolute Gasteiger partial charge is 0.0397 e. The molecule has 2 saturated heterocycles. The standard InChI is InChI=1S/C17H28N4/c1-14-13-15(18)3-4-17(14)21-7-5-16(6-8-21)20-11-9-19(2)10-12-20/h3-4,13,16H,5-12,18H2,1-2H3. The van der Waals surface area contributed by atoms with Gasteiger partial charge < -0.3 is 15.5 Å². The molecule has 1 aromatic carbocycles. The Labute approximate surface area is 128 Å². The SMILES string of the molecule is Cc1cc(N)ccc1N1CCC(N2CCN(C)CC2)CC1. The number of likely N-dealkylation sites (N-methyl/N-ethyl adjacent to an activating group) is 1. The highest BCUT2D eigenvalue weighted by Gasteiger charge is 2.27. The molecule has 2 aliphatic heterocycles. The van der Waals surface area contributed by atoms with Gasteiger partial charge in [0.05, 0.1) is 0 Å². The van der Waals surface area contributed by atoms with Gasteiger partial charge in [-0.3, -0.25) is 4.90 Å². The van der Waals surface area contributed by atoms with Gasteiger partial charge >= 0.3 is 0 Å². The van der Waals surface area contributed by atoms with Crippen molar-refractivity contribution in [1.82, 2.24) is 9.80 Å². The Kier molecular flexibility index (Phi) is 4.36. The van der Waals surface area contributed by atoms with Crippen molar-refractivity contribution in [3.63, 3.8) is 0 Å². The van der Waals surface area contributed by atoms with Gasteiger partial charge in [-0.1, -0.05) is 0 Å². The van der Waals surface area contributed by atoms with Crippen LogP contribution in [0.25, 0.3) is 0 Å². The average molecular weight is 288 g/mol. The molecular weight excluding hydrogens is 260 g/mol. The molecule has 0 atom stereocenters. The number of anilines is 2. The minimum atomic E-state index is 0.782. The largest absolute Gasteiger partial charge is 0.399 e. The Morgan fingerprint density at radius 2 is 1.67 bits per heavy atom. The summed E-state index contributed by atoms with van der Waals surface area (Å²) in [5, 5.41) is 0. The van der Waals surface area contributed by atoms with Crippen LogP contribution in [-0.4, -0.2) is 62.2 Å². The predicted octanol–water partition coefficient (Wildman–Crippen LogP) is 1.79. The molecule has 0 radical (unpaired) electrons. The zero-order chi connectivity index (χ0) is 14.8. The van der Waals surface area contributed by atoms with Crippen LogP contribution in [-0.2, 0) is 0 Å². The first-order valence-corrected chi connectivity index (χ1v) is 8.17. The van der Waals surface area contributed by atoms with E-state index < -0.39 is 0 Å². The highest BCUT2D eigenvalue weighted by atomic mass is 15.3. The van der Waals surface area contributed by atoms with E-state index >= 15 is 0 Å². The number of nitrogen functional groups attached to an aromatic ring is 1. The summed E-state index contributed by atoms with van der Waals surface area (Å²) in [5.74, 6) is 0. The van der Waals surface area contributed by atoms with Gasteiger partial charge in [0, 0.05) is 56.7 Å². The lowest BCUT2D eigenvalue weighted by atomic mass is 10.0. The molecule has 2 fully saturated rings. The summed E-state index contributed by atoms with van der Waals surface area (Å²) in [5.41, 5.74) is 9.38. The summed E-state index contributed by atoms with van der Waals surface area (Å²) in [7, 11) is 2.23. The van der Waals surface area contributed by atoms with Gasteiger partial charge in [-0.2, -0.15) is 0 Å². The van der Waals surface area contributed by atoms with Crippen molar-refractivity contribution in [2.45, 2.75) is 25.8 Å². The molecule has 2 heterocycles. The summed E-state index contributed by atoms with van der Waals surface area (Å²) in [6.07, 6.45) is 2.57. The molecule has 116 valence electrons. The van der Waals surface area contributed by atoms with E-state index in [2.05, 4.69) is 40.8 Å². The number of aryl methyl sites for hydroxylation is 1. The van der Waals surface area contributed by atoms with E-state index in [1.54, 1.807) is 0 Å². The van der Waals surface area contributed by atoms with Crippen molar-refractivity contribution in [2.24, 2.45) is 0 Å². The van der Waals surface area contributed by atoms with Crippen LogP contribution in [0.5, 0.6) is 0 Å². The van der Waals surface area contributed by atoms with Gasteiger partial charge in [0.1, 0.15) is 0 Å². The van der Waals surface area contributed by atoms with E-state index in [-0.39, 0.29) is 0 Å². The number of hydrogen-bond donors (Lipinski definition) is 1. The zero-order valence-electron chi connectivity index (χ0n) is 13.4. The molecule has 0 aromatic heterocycles. The van der Waals surface area contributed by atoms with E-state index in [0.717, 1.165) is 11.7 Å². The lowest BCUT2D eigenvalue weighted by Gasteiger charge is -2.42. The summed E-state index contributed by atoms with van der Waals surface area (Å²) in [6.45, 7) is 9.42. The van der Waals surface area contributed by atoms with Crippen molar-refractivity contribution in [1.29, 1.82) is 0 Å². The average Bonchev–Trinajstić information content (AvgIpc) is 2.48. The highest BCUT2D eigenvalue weighted by Crippen LogP contribution is 2.27. The van der Waals surface area contributed by atoms with Crippen LogP contribution in [0.2, 0.25) is 0 Å². The molecule has 4 heteroatoms. The Bertz CT molecular complexity index is 472. The van der Waals surface area contributed by atoms with Crippen molar-refractivity contribution >= 4 is 11.4 Å². The summed E-state index contributed by atoms with van der Waals surface area (Å²) in [4.78, 5) is 7.66. The maximum atomic E-state index is 5.86. The minimum absolute atomic E-state index is 0.782.